The zero-order valence-corrected chi connectivity index (χ0v) is 20.5. The maximum absolute atomic E-state index is 13.5. The minimum atomic E-state index is -0.376. The fraction of sp³-hybridized carbons (Fsp3) is 0.565. The molecule has 0 N–H and O–H groups in total. The third-order valence-electron chi connectivity index (χ3n) is 5.61. The Morgan fingerprint density at radius 3 is 2.62 bits per heavy atom. The zero-order chi connectivity index (χ0) is 23.1. The van der Waals surface area contributed by atoms with Crippen molar-refractivity contribution < 1.29 is 14.3 Å². The molecule has 0 radical (unpaired) electrons. The summed E-state index contributed by atoms with van der Waals surface area (Å²) >= 11 is 7.20. The molecule has 3 rings (SSSR count). The lowest BCUT2D eigenvalue weighted by molar-refractivity contribution is -0.123. The molecule has 3 heterocycles. The predicted molar refractivity (Wildman–Crippen MR) is 129 cm³/mol. The number of pyridine rings is 1. The first-order chi connectivity index (χ1) is 15.4. The summed E-state index contributed by atoms with van der Waals surface area (Å²) in [6, 6.07) is 3.75. The smallest absolute Gasteiger partial charge is 0.350 e. The van der Waals surface area contributed by atoms with Crippen molar-refractivity contribution in [1.82, 2.24) is 9.97 Å². The van der Waals surface area contributed by atoms with Crippen molar-refractivity contribution in [1.29, 1.82) is 0 Å². The van der Waals surface area contributed by atoms with E-state index >= 15 is 0 Å². The summed E-state index contributed by atoms with van der Waals surface area (Å²) in [5.41, 5.74) is 0.611. The van der Waals surface area contributed by atoms with E-state index < -0.39 is 0 Å². The third-order valence-corrected chi connectivity index (χ3v) is 6.99. The zero-order valence-electron chi connectivity index (χ0n) is 19.0. The van der Waals surface area contributed by atoms with Crippen LogP contribution in [0.5, 0.6) is 0 Å². The van der Waals surface area contributed by atoms with Crippen molar-refractivity contribution in [2.24, 2.45) is 5.92 Å². The average molecular weight is 479 g/mol. The van der Waals surface area contributed by atoms with Crippen LogP contribution in [0.25, 0.3) is 0 Å². The van der Waals surface area contributed by atoms with Gasteiger partial charge in [-0.25, -0.2) is 14.8 Å². The van der Waals surface area contributed by atoms with Gasteiger partial charge in [-0.05, 0) is 45.2 Å². The lowest BCUT2D eigenvalue weighted by atomic mass is 9.95. The first-order valence-electron chi connectivity index (χ1n) is 11.3. The molecule has 2 aromatic rings. The van der Waals surface area contributed by atoms with Crippen molar-refractivity contribution in [2.75, 3.05) is 36.0 Å². The van der Waals surface area contributed by atoms with Crippen LogP contribution in [0.2, 0.25) is 5.02 Å². The number of carbonyl (C=O) groups excluding carboxylic acids is 2. The number of rotatable bonds is 9. The number of esters is 1. The monoisotopic (exact) mass is 478 g/mol. The van der Waals surface area contributed by atoms with E-state index in [1.165, 1.54) is 11.3 Å². The van der Waals surface area contributed by atoms with Crippen LogP contribution in [0.4, 0.5) is 10.9 Å². The molecule has 1 aliphatic heterocycles. The summed E-state index contributed by atoms with van der Waals surface area (Å²) < 4.78 is 5.15. The number of hydrogen-bond acceptors (Lipinski definition) is 7. The van der Waals surface area contributed by atoms with Crippen LogP contribution < -0.4 is 9.80 Å². The van der Waals surface area contributed by atoms with Crippen molar-refractivity contribution >= 4 is 45.8 Å². The quantitative estimate of drug-likeness (QED) is 0.368. The van der Waals surface area contributed by atoms with E-state index in [1.807, 2.05) is 12.1 Å². The largest absolute Gasteiger partial charge is 0.462 e. The van der Waals surface area contributed by atoms with E-state index in [0.717, 1.165) is 51.0 Å². The second-order valence-corrected chi connectivity index (χ2v) is 9.34. The molecule has 1 saturated heterocycles. The second-order valence-electron chi connectivity index (χ2n) is 7.92. The van der Waals surface area contributed by atoms with Gasteiger partial charge in [0, 0.05) is 31.7 Å². The Bertz CT molecular complexity index is 910. The number of hydrogen-bond donors (Lipinski definition) is 0. The first kappa shape index (κ1) is 24.5. The number of aromatic nitrogens is 2. The van der Waals surface area contributed by atoms with Crippen LogP contribution in [0.15, 0.2) is 18.3 Å². The van der Waals surface area contributed by atoms with Gasteiger partial charge < -0.3 is 9.64 Å². The SMILES string of the molecule is CCCCCN(C(=O)C1CCN(c2ccc(Cl)cn2)CC1)c1nc(C)c(C(=O)OCC)s1. The number of piperidine rings is 1. The van der Waals surface area contributed by atoms with Crippen LogP contribution in [-0.4, -0.2) is 48.1 Å². The van der Waals surface area contributed by atoms with Gasteiger partial charge in [0.1, 0.15) is 10.7 Å². The predicted octanol–water partition coefficient (Wildman–Crippen LogP) is 5.12. The fourth-order valence-corrected chi connectivity index (χ4v) is 4.94. The standard InChI is InChI=1S/C23H31ClN4O3S/c1-4-6-7-12-28(23-26-16(3)20(32-23)22(30)31-5-2)21(29)17-10-13-27(14-11-17)19-9-8-18(24)15-25-19/h8-9,15,17H,4-7,10-14H2,1-3H3. The Morgan fingerprint density at radius 2 is 2.00 bits per heavy atom. The Hall–Kier alpha value is -2.19. The van der Waals surface area contributed by atoms with Gasteiger partial charge in [0.05, 0.1) is 17.3 Å². The normalized spacial score (nSPS) is 14.4. The summed E-state index contributed by atoms with van der Waals surface area (Å²) in [4.78, 5) is 39.2. The molecule has 0 spiro atoms. The maximum Gasteiger partial charge on any atom is 0.350 e. The number of carbonyl (C=O) groups is 2. The van der Waals surface area contributed by atoms with E-state index in [0.29, 0.717) is 33.9 Å². The number of aryl methyl sites for hydroxylation is 1. The third kappa shape index (κ3) is 5.98. The molecule has 1 aliphatic rings. The molecule has 1 fully saturated rings. The number of amides is 1. The van der Waals surface area contributed by atoms with Crippen molar-refractivity contribution in [3.05, 3.63) is 33.9 Å². The van der Waals surface area contributed by atoms with Crippen LogP contribution in [0.3, 0.4) is 0 Å². The van der Waals surface area contributed by atoms with Gasteiger partial charge >= 0.3 is 5.97 Å². The molecular formula is C23H31ClN4O3S. The first-order valence-corrected chi connectivity index (χ1v) is 12.5. The molecule has 7 nitrogen and oxygen atoms in total. The van der Waals surface area contributed by atoms with Crippen LogP contribution in [0.1, 0.15) is 61.3 Å². The highest BCUT2D eigenvalue weighted by atomic mass is 35.5. The number of ether oxygens (including phenoxy) is 1. The van der Waals surface area contributed by atoms with Crippen molar-refractivity contribution in [3.63, 3.8) is 0 Å². The number of thiazole rings is 1. The van der Waals surface area contributed by atoms with Crippen LogP contribution >= 0.6 is 22.9 Å². The second kappa shape index (κ2) is 11.6. The topological polar surface area (TPSA) is 75.6 Å². The molecule has 1 amide bonds. The summed E-state index contributed by atoms with van der Waals surface area (Å²) in [7, 11) is 0. The van der Waals surface area contributed by atoms with Gasteiger partial charge in [0.25, 0.3) is 0 Å². The Labute approximate surface area is 198 Å². The molecule has 9 heteroatoms. The Morgan fingerprint density at radius 1 is 1.25 bits per heavy atom. The van der Waals surface area contributed by atoms with Gasteiger partial charge in [0.15, 0.2) is 5.13 Å². The fourth-order valence-electron chi connectivity index (χ4n) is 3.83. The Balaban J connectivity index is 1.72. The average Bonchev–Trinajstić information content (AvgIpc) is 3.18. The molecule has 0 aliphatic carbocycles. The molecule has 174 valence electrons. The van der Waals surface area contributed by atoms with E-state index in [2.05, 4.69) is 21.8 Å². The van der Waals surface area contributed by atoms with E-state index in [1.54, 1.807) is 24.9 Å². The lowest BCUT2D eigenvalue weighted by Crippen LogP contribution is -2.43. The van der Waals surface area contributed by atoms with Gasteiger partial charge in [0.2, 0.25) is 5.91 Å². The van der Waals surface area contributed by atoms with E-state index in [9.17, 15) is 9.59 Å². The minimum absolute atomic E-state index is 0.0737. The highest BCUT2D eigenvalue weighted by Crippen LogP contribution is 2.31. The van der Waals surface area contributed by atoms with Gasteiger partial charge in [-0.15, -0.1) is 0 Å². The van der Waals surface area contributed by atoms with E-state index in [-0.39, 0.29) is 17.8 Å². The molecule has 0 saturated carbocycles. The highest BCUT2D eigenvalue weighted by molar-refractivity contribution is 7.17. The summed E-state index contributed by atoms with van der Waals surface area (Å²) in [6.45, 7) is 8.16. The molecule has 2 aromatic heterocycles. The van der Waals surface area contributed by atoms with Gasteiger partial charge in [-0.2, -0.15) is 0 Å². The van der Waals surface area contributed by atoms with Crippen molar-refractivity contribution in [2.45, 2.75) is 52.9 Å². The number of halogens is 1. The van der Waals surface area contributed by atoms with Crippen LogP contribution in [0, 0.1) is 12.8 Å². The number of unbranched alkanes of at least 4 members (excludes halogenated alkanes) is 2. The van der Waals surface area contributed by atoms with E-state index in [4.69, 9.17) is 16.3 Å². The minimum Gasteiger partial charge on any atom is -0.462 e. The molecule has 0 aromatic carbocycles. The molecule has 0 bridgehead atoms. The highest BCUT2D eigenvalue weighted by Gasteiger charge is 2.32. The summed E-state index contributed by atoms with van der Waals surface area (Å²) in [6.07, 6.45) is 6.17. The number of nitrogens with zero attached hydrogens (tertiary/aromatic N) is 4. The van der Waals surface area contributed by atoms with Gasteiger partial charge in [-0.3, -0.25) is 9.69 Å². The molecule has 32 heavy (non-hydrogen) atoms. The maximum atomic E-state index is 13.5. The lowest BCUT2D eigenvalue weighted by Gasteiger charge is -2.34. The molecular weight excluding hydrogens is 448 g/mol. The molecule has 0 atom stereocenters. The van der Waals surface area contributed by atoms with Gasteiger partial charge in [-0.1, -0.05) is 42.7 Å². The Kier molecular flexibility index (Phi) is 8.87. The molecule has 0 unspecified atom stereocenters. The summed E-state index contributed by atoms with van der Waals surface area (Å²) in [5, 5.41) is 1.20. The summed E-state index contributed by atoms with van der Waals surface area (Å²) in [5.74, 6) is 0.526. The van der Waals surface area contributed by atoms with Crippen LogP contribution in [-0.2, 0) is 9.53 Å². The number of anilines is 2. The van der Waals surface area contributed by atoms with Crippen molar-refractivity contribution in [3.8, 4) is 0 Å².